The second-order valence-corrected chi connectivity index (χ2v) is 5.00. The standard InChI is InChI=1S/C9H15NS2/c1-2-3-4-7-11-9-10-6-5-8-12-9/h5-6H,2-4,7-8H2,1H3. The monoisotopic (exact) mass is 201 g/mol. The first kappa shape index (κ1) is 10.2. The number of nitrogens with zero attached hydrogens (tertiary/aromatic N) is 1. The molecule has 1 nitrogen and oxygen atoms in total. The van der Waals surface area contributed by atoms with Gasteiger partial charge in [0.15, 0.2) is 0 Å². The van der Waals surface area contributed by atoms with Crippen LogP contribution >= 0.6 is 23.5 Å². The molecular formula is C9H15NS2. The molecule has 0 N–H and O–H groups in total. The van der Waals surface area contributed by atoms with E-state index in [1.54, 1.807) is 0 Å². The molecule has 0 amide bonds. The molecule has 3 heteroatoms. The first-order valence-corrected chi connectivity index (χ1v) is 6.39. The summed E-state index contributed by atoms with van der Waals surface area (Å²) in [5.74, 6) is 2.33. The van der Waals surface area contributed by atoms with Crippen LogP contribution in [0.1, 0.15) is 26.2 Å². The van der Waals surface area contributed by atoms with Crippen molar-refractivity contribution in [3.63, 3.8) is 0 Å². The lowest BCUT2D eigenvalue weighted by Crippen LogP contribution is -1.92. The van der Waals surface area contributed by atoms with E-state index in [1.807, 2.05) is 29.7 Å². The van der Waals surface area contributed by atoms with E-state index < -0.39 is 0 Å². The van der Waals surface area contributed by atoms with Gasteiger partial charge in [0, 0.05) is 17.7 Å². The lowest BCUT2D eigenvalue weighted by Gasteiger charge is -2.05. The normalized spacial score (nSPS) is 16.2. The van der Waals surface area contributed by atoms with E-state index in [9.17, 15) is 0 Å². The average molecular weight is 201 g/mol. The Morgan fingerprint density at radius 1 is 1.58 bits per heavy atom. The van der Waals surface area contributed by atoms with Crippen LogP contribution in [-0.2, 0) is 0 Å². The molecule has 0 spiro atoms. The van der Waals surface area contributed by atoms with Crippen molar-refractivity contribution in [1.82, 2.24) is 0 Å². The molecule has 1 aliphatic rings. The molecule has 0 saturated heterocycles. The minimum absolute atomic E-state index is 1.10. The van der Waals surface area contributed by atoms with Crippen LogP contribution in [-0.4, -0.2) is 15.9 Å². The smallest absolute Gasteiger partial charge is 0.130 e. The van der Waals surface area contributed by atoms with E-state index in [0.29, 0.717) is 0 Å². The quantitative estimate of drug-likeness (QED) is 0.645. The van der Waals surface area contributed by atoms with Crippen molar-refractivity contribution in [3.05, 3.63) is 12.3 Å². The summed E-state index contributed by atoms with van der Waals surface area (Å²) >= 11 is 3.75. The third-order valence-electron chi connectivity index (χ3n) is 1.56. The van der Waals surface area contributed by atoms with Gasteiger partial charge >= 0.3 is 0 Å². The highest BCUT2D eigenvalue weighted by molar-refractivity contribution is 8.39. The summed E-state index contributed by atoms with van der Waals surface area (Å²) in [6.07, 6.45) is 7.99. The highest BCUT2D eigenvalue weighted by Crippen LogP contribution is 2.21. The highest BCUT2D eigenvalue weighted by Gasteiger charge is 2.01. The zero-order valence-corrected chi connectivity index (χ0v) is 9.09. The van der Waals surface area contributed by atoms with E-state index in [2.05, 4.69) is 18.0 Å². The van der Waals surface area contributed by atoms with Crippen LogP contribution in [0, 0.1) is 0 Å². The number of aliphatic imine (C=N–C) groups is 1. The largest absolute Gasteiger partial charge is 0.243 e. The number of hydrogen-bond donors (Lipinski definition) is 0. The molecule has 0 unspecified atom stereocenters. The molecule has 0 aliphatic carbocycles. The van der Waals surface area contributed by atoms with Gasteiger partial charge in [0.2, 0.25) is 0 Å². The van der Waals surface area contributed by atoms with Crippen LogP contribution in [0.4, 0.5) is 0 Å². The summed E-state index contributed by atoms with van der Waals surface area (Å²) in [7, 11) is 0. The van der Waals surface area contributed by atoms with Gasteiger partial charge in [-0.15, -0.1) is 0 Å². The molecule has 0 saturated carbocycles. The van der Waals surface area contributed by atoms with E-state index in [4.69, 9.17) is 0 Å². The van der Waals surface area contributed by atoms with Crippen molar-refractivity contribution in [3.8, 4) is 0 Å². The van der Waals surface area contributed by atoms with Crippen molar-refractivity contribution >= 4 is 27.9 Å². The minimum atomic E-state index is 1.10. The Bertz CT molecular complexity index is 175. The van der Waals surface area contributed by atoms with E-state index in [-0.39, 0.29) is 0 Å². The van der Waals surface area contributed by atoms with Gasteiger partial charge in [-0.2, -0.15) is 0 Å². The fourth-order valence-corrected chi connectivity index (χ4v) is 2.81. The maximum atomic E-state index is 4.29. The SMILES string of the molecule is CCCCCSC1=NC=CCS1. The van der Waals surface area contributed by atoms with Gasteiger partial charge in [0.1, 0.15) is 4.38 Å². The molecule has 0 aromatic carbocycles. The van der Waals surface area contributed by atoms with E-state index in [0.717, 1.165) is 5.75 Å². The second kappa shape index (κ2) is 6.61. The lowest BCUT2D eigenvalue weighted by molar-refractivity contribution is 0.779. The summed E-state index contributed by atoms with van der Waals surface area (Å²) in [5, 5.41) is 0. The number of hydrogen-bond acceptors (Lipinski definition) is 3. The number of thioether (sulfide) groups is 2. The van der Waals surface area contributed by atoms with Crippen LogP contribution in [0.3, 0.4) is 0 Å². The van der Waals surface area contributed by atoms with Gasteiger partial charge in [-0.25, -0.2) is 4.99 Å². The molecule has 1 aliphatic heterocycles. The molecule has 0 aromatic heterocycles. The summed E-state index contributed by atoms with van der Waals surface area (Å²) in [6, 6.07) is 0. The Morgan fingerprint density at radius 2 is 2.50 bits per heavy atom. The molecule has 0 fully saturated rings. The summed E-state index contributed by atoms with van der Waals surface area (Å²) in [4.78, 5) is 4.29. The van der Waals surface area contributed by atoms with E-state index >= 15 is 0 Å². The van der Waals surface area contributed by atoms with Gasteiger partial charge in [-0.05, 0) is 6.42 Å². The summed E-state index contributed by atoms with van der Waals surface area (Å²) in [6.45, 7) is 2.24. The average Bonchev–Trinajstić information content (AvgIpc) is 2.14. The van der Waals surface area contributed by atoms with Crippen LogP contribution in [0.2, 0.25) is 0 Å². The van der Waals surface area contributed by atoms with Gasteiger partial charge in [0.05, 0.1) is 0 Å². The Morgan fingerprint density at radius 3 is 3.17 bits per heavy atom. The third-order valence-corrected chi connectivity index (χ3v) is 3.83. The number of rotatable bonds is 4. The van der Waals surface area contributed by atoms with Crippen molar-refractivity contribution in [2.45, 2.75) is 26.2 Å². The Balaban J connectivity index is 2.06. The minimum Gasteiger partial charge on any atom is -0.243 e. The van der Waals surface area contributed by atoms with Crippen LogP contribution in [0.25, 0.3) is 0 Å². The summed E-state index contributed by atoms with van der Waals surface area (Å²) < 4.78 is 1.24. The lowest BCUT2D eigenvalue weighted by atomic mass is 10.3. The van der Waals surface area contributed by atoms with Gasteiger partial charge in [-0.3, -0.25) is 0 Å². The van der Waals surface area contributed by atoms with Gasteiger partial charge in [0.25, 0.3) is 0 Å². The molecule has 1 rings (SSSR count). The van der Waals surface area contributed by atoms with Gasteiger partial charge in [-0.1, -0.05) is 49.4 Å². The van der Waals surface area contributed by atoms with Crippen LogP contribution < -0.4 is 0 Å². The first-order chi connectivity index (χ1) is 5.93. The van der Waals surface area contributed by atoms with Crippen LogP contribution in [0.15, 0.2) is 17.3 Å². The fourth-order valence-electron chi connectivity index (χ4n) is 0.904. The predicted molar refractivity (Wildman–Crippen MR) is 61.0 cm³/mol. The first-order valence-electron chi connectivity index (χ1n) is 4.42. The zero-order chi connectivity index (χ0) is 8.65. The van der Waals surface area contributed by atoms with Crippen molar-refractivity contribution in [2.24, 2.45) is 4.99 Å². The van der Waals surface area contributed by atoms with Crippen molar-refractivity contribution in [1.29, 1.82) is 0 Å². The van der Waals surface area contributed by atoms with Crippen LogP contribution in [0.5, 0.6) is 0 Å². The van der Waals surface area contributed by atoms with Crippen molar-refractivity contribution < 1.29 is 0 Å². The van der Waals surface area contributed by atoms with E-state index in [1.165, 1.54) is 29.4 Å². The molecule has 0 aromatic rings. The Labute approximate surface area is 83.1 Å². The molecule has 12 heavy (non-hydrogen) atoms. The Hall–Kier alpha value is 0.110. The van der Waals surface area contributed by atoms with Gasteiger partial charge < -0.3 is 0 Å². The molecule has 1 heterocycles. The Kier molecular flexibility index (Phi) is 5.61. The highest BCUT2D eigenvalue weighted by atomic mass is 32.2. The third kappa shape index (κ3) is 4.21. The topological polar surface area (TPSA) is 12.4 Å². The van der Waals surface area contributed by atoms with Crippen molar-refractivity contribution in [2.75, 3.05) is 11.5 Å². The predicted octanol–water partition coefficient (Wildman–Crippen LogP) is 3.53. The number of unbranched alkanes of at least 4 members (excludes halogenated alkanes) is 2. The maximum absolute atomic E-state index is 4.29. The molecular weight excluding hydrogens is 186 g/mol. The summed E-state index contributed by atoms with van der Waals surface area (Å²) in [5.41, 5.74) is 0. The molecule has 0 bridgehead atoms. The zero-order valence-electron chi connectivity index (χ0n) is 7.45. The molecule has 68 valence electrons. The molecule has 0 radical (unpaired) electrons. The fraction of sp³-hybridized carbons (Fsp3) is 0.667. The second-order valence-electron chi connectivity index (χ2n) is 2.65. The molecule has 0 atom stereocenters. The maximum Gasteiger partial charge on any atom is 0.130 e.